The molecule has 1 aliphatic rings. The SMILES string of the molecule is CNC(=O)Cc1nc([C@H]2CC[C@H](N)[C@@H](OC)C2)n(-c2ccc(F)c(Cl)c2)n1.Cl. The molecule has 10 heteroatoms. The Morgan fingerprint density at radius 2 is 2.21 bits per heavy atom. The van der Waals surface area contributed by atoms with Gasteiger partial charge in [-0.05, 0) is 37.5 Å². The van der Waals surface area contributed by atoms with E-state index in [1.807, 2.05) is 0 Å². The maximum Gasteiger partial charge on any atom is 0.227 e. The third-order valence-corrected chi connectivity index (χ3v) is 5.22. The molecule has 0 radical (unpaired) electrons. The summed E-state index contributed by atoms with van der Waals surface area (Å²) in [6.07, 6.45) is 2.31. The molecule has 7 nitrogen and oxygen atoms in total. The lowest BCUT2D eigenvalue weighted by Gasteiger charge is -2.32. The number of hydrogen-bond acceptors (Lipinski definition) is 5. The zero-order chi connectivity index (χ0) is 19.6. The molecule has 0 aliphatic heterocycles. The van der Waals surface area contributed by atoms with Crippen molar-refractivity contribution in [1.82, 2.24) is 20.1 Å². The van der Waals surface area contributed by atoms with Crippen LogP contribution in [0.2, 0.25) is 5.02 Å². The summed E-state index contributed by atoms with van der Waals surface area (Å²) in [7, 11) is 3.21. The van der Waals surface area contributed by atoms with Crippen molar-refractivity contribution in [2.45, 2.75) is 43.7 Å². The zero-order valence-corrected chi connectivity index (χ0v) is 17.3. The molecule has 3 atom stereocenters. The number of ether oxygens (including phenoxy) is 1. The van der Waals surface area contributed by atoms with E-state index >= 15 is 0 Å². The molecule has 0 bridgehead atoms. The number of carbonyl (C=O) groups is 1. The van der Waals surface area contributed by atoms with Crippen molar-refractivity contribution >= 4 is 29.9 Å². The minimum absolute atomic E-state index is 0. The van der Waals surface area contributed by atoms with Crippen LogP contribution in [0, 0.1) is 5.82 Å². The van der Waals surface area contributed by atoms with Crippen LogP contribution in [-0.4, -0.2) is 47.0 Å². The number of methoxy groups -OCH3 is 1. The van der Waals surface area contributed by atoms with Crippen LogP contribution in [0.1, 0.15) is 36.8 Å². The molecule has 1 heterocycles. The van der Waals surface area contributed by atoms with Crippen molar-refractivity contribution in [2.24, 2.45) is 5.73 Å². The quantitative estimate of drug-likeness (QED) is 0.757. The number of amides is 1. The van der Waals surface area contributed by atoms with Crippen LogP contribution in [0.5, 0.6) is 0 Å². The first-order valence-corrected chi connectivity index (χ1v) is 9.21. The monoisotopic (exact) mass is 431 g/mol. The fourth-order valence-electron chi connectivity index (χ4n) is 3.40. The molecule has 0 saturated heterocycles. The van der Waals surface area contributed by atoms with Crippen molar-refractivity contribution in [3.8, 4) is 5.69 Å². The Hall–Kier alpha value is -1.74. The number of rotatable bonds is 5. The average molecular weight is 432 g/mol. The standard InChI is InChI=1S/C18H23ClFN5O2.ClH/c1-22-17(26)9-16-23-18(10-3-6-14(21)15(7-10)27-2)25(24-16)11-4-5-13(20)12(19)8-11;/h4-5,8,10,14-15H,3,6-7,9,21H2,1-2H3,(H,22,26);1H/t10-,14-,15-;/m0./s1. The molecule has 1 aromatic carbocycles. The van der Waals surface area contributed by atoms with Crippen LogP contribution >= 0.6 is 24.0 Å². The molecule has 28 heavy (non-hydrogen) atoms. The highest BCUT2D eigenvalue weighted by Crippen LogP contribution is 2.34. The van der Waals surface area contributed by atoms with E-state index in [2.05, 4.69) is 15.4 Å². The molecule has 1 fully saturated rings. The van der Waals surface area contributed by atoms with Gasteiger partial charge >= 0.3 is 0 Å². The normalized spacial score (nSPS) is 21.8. The molecule has 0 unspecified atom stereocenters. The lowest BCUT2D eigenvalue weighted by atomic mass is 9.83. The largest absolute Gasteiger partial charge is 0.380 e. The molecule has 1 aromatic heterocycles. The maximum atomic E-state index is 13.6. The number of likely N-dealkylation sites (N-methyl/N-ethyl adjacent to an activating group) is 1. The number of benzene rings is 1. The summed E-state index contributed by atoms with van der Waals surface area (Å²) in [5, 5.41) is 7.04. The summed E-state index contributed by atoms with van der Waals surface area (Å²) < 4.78 is 20.7. The van der Waals surface area contributed by atoms with E-state index < -0.39 is 5.82 Å². The number of nitrogens with zero attached hydrogens (tertiary/aromatic N) is 3. The molecule has 3 rings (SSSR count). The molecule has 1 amide bonds. The molecular formula is C18H24Cl2FN5O2. The third kappa shape index (κ3) is 4.81. The van der Waals surface area contributed by atoms with Crippen LogP contribution in [0.4, 0.5) is 4.39 Å². The van der Waals surface area contributed by atoms with Crippen molar-refractivity contribution < 1.29 is 13.9 Å². The molecule has 0 spiro atoms. The Morgan fingerprint density at radius 3 is 2.86 bits per heavy atom. The summed E-state index contributed by atoms with van der Waals surface area (Å²) in [5.74, 6) is 0.468. The van der Waals surface area contributed by atoms with E-state index in [0.29, 0.717) is 23.8 Å². The van der Waals surface area contributed by atoms with Gasteiger partial charge in [0, 0.05) is 26.1 Å². The summed E-state index contributed by atoms with van der Waals surface area (Å²) in [5.41, 5.74) is 6.72. The third-order valence-electron chi connectivity index (χ3n) is 4.93. The second kappa shape index (κ2) is 9.65. The van der Waals surface area contributed by atoms with Gasteiger partial charge in [0.15, 0.2) is 5.82 Å². The highest BCUT2D eigenvalue weighted by atomic mass is 35.5. The van der Waals surface area contributed by atoms with Gasteiger partial charge in [0.25, 0.3) is 0 Å². The molecular weight excluding hydrogens is 408 g/mol. The van der Waals surface area contributed by atoms with Gasteiger partial charge in [-0.3, -0.25) is 4.79 Å². The highest BCUT2D eigenvalue weighted by molar-refractivity contribution is 6.30. The topological polar surface area (TPSA) is 95.1 Å². The van der Waals surface area contributed by atoms with E-state index in [1.54, 1.807) is 24.9 Å². The van der Waals surface area contributed by atoms with Crippen LogP contribution < -0.4 is 11.1 Å². The molecule has 2 aromatic rings. The van der Waals surface area contributed by atoms with E-state index in [4.69, 9.17) is 22.1 Å². The number of aromatic nitrogens is 3. The van der Waals surface area contributed by atoms with Gasteiger partial charge < -0.3 is 15.8 Å². The Balaban J connectivity index is 0.00000280. The second-order valence-electron chi connectivity index (χ2n) is 6.69. The molecule has 1 saturated carbocycles. The first kappa shape index (κ1) is 22.5. The Morgan fingerprint density at radius 1 is 1.46 bits per heavy atom. The smallest absolute Gasteiger partial charge is 0.227 e. The molecule has 154 valence electrons. The molecule has 3 N–H and O–H groups in total. The Bertz CT molecular complexity index is 832. The van der Waals surface area contributed by atoms with Gasteiger partial charge in [-0.2, -0.15) is 5.10 Å². The number of nitrogens with two attached hydrogens (primary N) is 1. The van der Waals surface area contributed by atoms with Gasteiger partial charge in [-0.1, -0.05) is 11.6 Å². The zero-order valence-electron chi connectivity index (χ0n) is 15.7. The van der Waals surface area contributed by atoms with Crippen molar-refractivity contribution in [2.75, 3.05) is 14.2 Å². The highest BCUT2D eigenvalue weighted by Gasteiger charge is 2.32. The van der Waals surface area contributed by atoms with Gasteiger partial charge in [0.05, 0.1) is 23.2 Å². The summed E-state index contributed by atoms with van der Waals surface area (Å²) in [4.78, 5) is 16.3. The average Bonchev–Trinajstić information content (AvgIpc) is 3.08. The summed E-state index contributed by atoms with van der Waals surface area (Å²) in [6, 6.07) is 4.36. The van der Waals surface area contributed by atoms with Gasteiger partial charge in [0.2, 0.25) is 5.91 Å². The second-order valence-corrected chi connectivity index (χ2v) is 7.10. The van der Waals surface area contributed by atoms with Gasteiger partial charge in [-0.25, -0.2) is 14.1 Å². The van der Waals surface area contributed by atoms with E-state index in [0.717, 1.165) is 12.8 Å². The minimum atomic E-state index is -0.504. The first-order chi connectivity index (χ1) is 12.9. The van der Waals surface area contributed by atoms with Crippen LogP contribution in [0.3, 0.4) is 0 Å². The minimum Gasteiger partial charge on any atom is -0.380 e. The predicted octanol–water partition coefficient (Wildman–Crippen LogP) is 2.38. The lowest BCUT2D eigenvalue weighted by molar-refractivity contribution is -0.120. The lowest BCUT2D eigenvalue weighted by Crippen LogP contribution is -2.41. The van der Waals surface area contributed by atoms with Crippen molar-refractivity contribution in [3.05, 3.63) is 40.7 Å². The van der Waals surface area contributed by atoms with Crippen LogP contribution in [0.15, 0.2) is 18.2 Å². The van der Waals surface area contributed by atoms with Crippen molar-refractivity contribution in [3.63, 3.8) is 0 Å². The number of halogens is 3. The summed E-state index contributed by atoms with van der Waals surface area (Å²) >= 11 is 5.94. The Kier molecular flexibility index (Phi) is 7.77. The van der Waals surface area contributed by atoms with E-state index in [1.165, 1.54) is 12.1 Å². The van der Waals surface area contributed by atoms with Gasteiger partial charge in [0.1, 0.15) is 11.6 Å². The molecule has 1 aliphatic carbocycles. The number of hydrogen-bond donors (Lipinski definition) is 2. The van der Waals surface area contributed by atoms with Crippen LogP contribution in [-0.2, 0) is 16.0 Å². The fraction of sp³-hybridized carbons (Fsp3) is 0.500. The number of nitrogens with one attached hydrogen (secondary N) is 1. The fourth-order valence-corrected chi connectivity index (χ4v) is 3.58. The number of carbonyl (C=O) groups excluding carboxylic acids is 1. The predicted molar refractivity (Wildman–Crippen MR) is 107 cm³/mol. The van der Waals surface area contributed by atoms with E-state index in [-0.39, 0.29) is 47.8 Å². The van der Waals surface area contributed by atoms with Crippen molar-refractivity contribution in [1.29, 1.82) is 0 Å². The maximum absolute atomic E-state index is 13.6. The first-order valence-electron chi connectivity index (χ1n) is 8.83. The Labute approximate surface area is 174 Å². The van der Waals surface area contributed by atoms with E-state index in [9.17, 15) is 9.18 Å². The summed E-state index contributed by atoms with van der Waals surface area (Å²) in [6.45, 7) is 0. The van der Waals surface area contributed by atoms with Gasteiger partial charge in [-0.15, -0.1) is 12.4 Å². The van der Waals surface area contributed by atoms with Crippen LogP contribution in [0.25, 0.3) is 5.69 Å².